The highest BCUT2D eigenvalue weighted by Gasteiger charge is 2.14. The lowest BCUT2D eigenvalue weighted by molar-refractivity contribution is -0.115. The monoisotopic (exact) mass is 305 g/mol. The van der Waals surface area contributed by atoms with Gasteiger partial charge in [-0.05, 0) is 29.8 Å². The molecule has 0 heterocycles. The summed E-state index contributed by atoms with van der Waals surface area (Å²) in [5, 5.41) is 21.3. The van der Waals surface area contributed by atoms with Gasteiger partial charge < -0.3 is 15.5 Å². The molecule has 3 N–H and O–H groups in total. The molecule has 0 fully saturated rings. The van der Waals surface area contributed by atoms with Crippen LogP contribution in [-0.4, -0.2) is 22.1 Å². The van der Waals surface area contributed by atoms with Crippen LogP contribution in [0.2, 0.25) is 5.02 Å². The van der Waals surface area contributed by atoms with E-state index < -0.39 is 11.9 Å². The van der Waals surface area contributed by atoms with Gasteiger partial charge in [-0.1, -0.05) is 29.8 Å². The van der Waals surface area contributed by atoms with Crippen LogP contribution in [0.4, 0.5) is 5.69 Å². The van der Waals surface area contributed by atoms with Crippen molar-refractivity contribution >= 4 is 29.2 Å². The van der Waals surface area contributed by atoms with E-state index in [2.05, 4.69) is 5.32 Å². The van der Waals surface area contributed by atoms with Crippen LogP contribution in [0.3, 0.4) is 0 Å². The highest BCUT2D eigenvalue weighted by molar-refractivity contribution is 6.31. The number of phenols is 1. The van der Waals surface area contributed by atoms with Crippen molar-refractivity contribution in [3.05, 3.63) is 58.6 Å². The first-order chi connectivity index (χ1) is 9.97. The first-order valence-corrected chi connectivity index (χ1v) is 6.44. The maximum absolute atomic E-state index is 12.0. The van der Waals surface area contributed by atoms with Gasteiger partial charge in [0.05, 0.1) is 17.7 Å². The number of hydrogen-bond acceptors (Lipinski definition) is 3. The number of hydrogen-bond donors (Lipinski definition) is 3. The Morgan fingerprint density at radius 1 is 1.14 bits per heavy atom. The number of benzene rings is 2. The number of carbonyl (C=O) groups excluding carboxylic acids is 1. The maximum Gasteiger partial charge on any atom is 0.337 e. The van der Waals surface area contributed by atoms with Crippen molar-refractivity contribution in [3.8, 4) is 5.75 Å². The SMILES string of the molecule is O=C(Cc1ccccc1Cl)Nc1ccc(O)cc1C(=O)O. The molecule has 0 atom stereocenters. The molecule has 0 aliphatic carbocycles. The standard InChI is InChI=1S/C15H12ClNO4/c16-12-4-2-1-3-9(12)7-14(19)17-13-6-5-10(18)8-11(13)15(20)21/h1-6,8,18H,7H2,(H,17,19)(H,20,21). The summed E-state index contributed by atoms with van der Waals surface area (Å²) in [5.41, 5.74) is 0.590. The first kappa shape index (κ1) is 14.9. The van der Waals surface area contributed by atoms with E-state index in [1.54, 1.807) is 24.3 Å². The van der Waals surface area contributed by atoms with Gasteiger partial charge in [-0.15, -0.1) is 0 Å². The Hall–Kier alpha value is -2.53. The van der Waals surface area contributed by atoms with E-state index in [4.69, 9.17) is 16.7 Å². The predicted octanol–water partition coefficient (Wildman–Crippen LogP) is 2.92. The predicted molar refractivity (Wildman–Crippen MR) is 78.9 cm³/mol. The van der Waals surface area contributed by atoms with Crippen molar-refractivity contribution in [1.29, 1.82) is 0 Å². The summed E-state index contributed by atoms with van der Waals surface area (Å²) in [4.78, 5) is 23.1. The summed E-state index contributed by atoms with van der Waals surface area (Å²) in [6.07, 6.45) is 0.0274. The molecule has 2 rings (SSSR count). The van der Waals surface area contributed by atoms with E-state index in [0.717, 1.165) is 6.07 Å². The summed E-state index contributed by atoms with van der Waals surface area (Å²) in [7, 11) is 0. The zero-order valence-corrected chi connectivity index (χ0v) is 11.6. The Bertz CT molecular complexity index is 700. The van der Waals surface area contributed by atoms with Crippen molar-refractivity contribution in [2.24, 2.45) is 0 Å². The van der Waals surface area contributed by atoms with E-state index in [-0.39, 0.29) is 23.4 Å². The Labute approximate surface area is 125 Å². The molecule has 0 saturated carbocycles. The van der Waals surface area contributed by atoms with Crippen LogP contribution in [0, 0.1) is 0 Å². The summed E-state index contributed by atoms with van der Waals surface area (Å²) in [5.74, 6) is -1.81. The normalized spacial score (nSPS) is 10.1. The molecule has 0 spiro atoms. The molecule has 1 amide bonds. The average molecular weight is 306 g/mol. The number of halogens is 1. The average Bonchev–Trinajstić information content (AvgIpc) is 2.43. The van der Waals surface area contributed by atoms with E-state index >= 15 is 0 Å². The lowest BCUT2D eigenvalue weighted by Crippen LogP contribution is -2.17. The van der Waals surface area contributed by atoms with Gasteiger partial charge in [-0.3, -0.25) is 4.79 Å². The van der Waals surface area contributed by atoms with Crippen LogP contribution in [0.5, 0.6) is 5.75 Å². The minimum Gasteiger partial charge on any atom is -0.508 e. The van der Waals surface area contributed by atoms with Gasteiger partial charge >= 0.3 is 5.97 Å². The Morgan fingerprint density at radius 2 is 1.86 bits per heavy atom. The van der Waals surface area contributed by atoms with Crippen LogP contribution in [0.1, 0.15) is 15.9 Å². The second-order valence-corrected chi connectivity index (χ2v) is 4.76. The molecule has 6 heteroatoms. The van der Waals surface area contributed by atoms with Crippen molar-refractivity contribution in [3.63, 3.8) is 0 Å². The van der Waals surface area contributed by atoms with Gasteiger partial charge in [0.15, 0.2) is 0 Å². The summed E-state index contributed by atoms with van der Waals surface area (Å²) >= 11 is 5.97. The Kier molecular flexibility index (Phi) is 4.45. The van der Waals surface area contributed by atoms with Gasteiger partial charge in [-0.25, -0.2) is 4.79 Å². The quantitative estimate of drug-likeness (QED) is 0.758. The molecule has 0 saturated heterocycles. The zero-order chi connectivity index (χ0) is 15.4. The Balaban J connectivity index is 2.17. The second kappa shape index (κ2) is 6.28. The molecule has 0 aliphatic heterocycles. The maximum atomic E-state index is 12.0. The van der Waals surface area contributed by atoms with Crippen LogP contribution < -0.4 is 5.32 Å². The topological polar surface area (TPSA) is 86.6 Å². The molecule has 2 aromatic carbocycles. The fourth-order valence-corrected chi connectivity index (χ4v) is 2.03. The molecule has 21 heavy (non-hydrogen) atoms. The smallest absolute Gasteiger partial charge is 0.337 e. The second-order valence-electron chi connectivity index (χ2n) is 4.35. The third-order valence-electron chi connectivity index (χ3n) is 2.82. The number of amides is 1. The number of anilines is 1. The van der Waals surface area contributed by atoms with Crippen molar-refractivity contribution < 1.29 is 19.8 Å². The van der Waals surface area contributed by atoms with Gasteiger partial charge in [-0.2, -0.15) is 0 Å². The zero-order valence-electron chi connectivity index (χ0n) is 10.8. The molecule has 0 aromatic heterocycles. The highest BCUT2D eigenvalue weighted by atomic mass is 35.5. The van der Waals surface area contributed by atoms with Crippen molar-refractivity contribution in [2.45, 2.75) is 6.42 Å². The minimum absolute atomic E-state index is 0.0274. The third-order valence-corrected chi connectivity index (χ3v) is 3.19. The Morgan fingerprint density at radius 3 is 2.52 bits per heavy atom. The number of phenolic OH excluding ortho intramolecular Hbond substituents is 1. The van der Waals surface area contributed by atoms with Crippen LogP contribution in [-0.2, 0) is 11.2 Å². The van der Waals surface area contributed by atoms with Crippen LogP contribution >= 0.6 is 11.6 Å². The molecular weight excluding hydrogens is 294 g/mol. The van der Waals surface area contributed by atoms with E-state index in [0.29, 0.717) is 10.6 Å². The largest absolute Gasteiger partial charge is 0.508 e. The number of aromatic hydroxyl groups is 1. The molecule has 5 nitrogen and oxygen atoms in total. The summed E-state index contributed by atoms with van der Waals surface area (Å²) in [6, 6.07) is 10.6. The number of carboxylic acid groups (broad SMARTS) is 1. The fourth-order valence-electron chi connectivity index (χ4n) is 1.83. The molecule has 0 bridgehead atoms. The molecule has 0 aliphatic rings. The number of carboxylic acids is 1. The van der Waals surface area contributed by atoms with Gasteiger partial charge in [0, 0.05) is 5.02 Å². The summed E-state index contributed by atoms with van der Waals surface area (Å²) in [6.45, 7) is 0. The lowest BCUT2D eigenvalue weighted by Gasteiger charge is -2.09. The van der Waals surface area contributed by atoms with Gasteiger partial charge in [0.2, 0.25) is 5.91 Å². The molecule has 0 unspecified atom stereocenters. The summed E-state index contributed by atoms with van der Waals surface area (Å²) < 4.78 is 0. The van der Waals surface area contributed by atoms with Gasteiger partial charge in [0.25, 0.3) is 0 Å². The van der Waals surface area contributed by atoms with Crippen LogP contribution in [0.15, 0.2) is 42.5 Å². The molecule has 0 radical (unpaired) electrons. The third kappa shape index (κ3) is 3.73. The van der Waals surface area contributed by atoms with E-state index in [1.807, 2.05) is 0 Å². The minimum atomic E-state index is -1.24. The first-order valence-electron chi connectivity index (χ1n) is 6.07. The number of carbonyl (C=O) groups is 2. The molecule has 2 aromatic rings. The van der Waals surface area contributed by atoms with E-state index in [9.17, 15) is 14.7 Å². The van der Waals surface area contributed by atoms with Crippen molar-refractivity contribution in [1.82, 2.24) is 0 Å². The number of rotatable bonds is 4. The van der Waals surface area contributed by atoms with Crippen LogP contribution in [0.25, 0.3) is 0 Å². The van der Waals surface area contributed by atoms with Crippen molar-refractivity contribution in [2.75, 3.05) is 5.32 Å². The molecule has 108 valence electrons. The number of aromatic carboxylic acids is 1. The lowest BCUT2D eigenvalue weighted by atomic mass is 10.1. The fraction of sp³-hybridized carbons (Fsp3) is 0.0667. The molecular formula is C15H12ClNO4. The highest BCUT2D eigenvalue weighted by Crippen LogP contribution is 2.22. The van der Waals surface area contributed by atoms with Gasteiger partial charge in [0.1, 0.15) is 5.75 Å². The van der Waals surface area contributed by atoms with E-state index in [1.165, 1.54) is 12.1 Å². The number of nitrogens with one attached hydrogen (secondary N) is 1.